The Morgan fingerprint density at radius 1 is 1.15 bits per heavy atom. The van der Waals surface area contributed by atoms with Crippen molar-refractivity contribution < 1.29 is 23.9 Å². The maximum atomic E-state index is 13.1. The number of hydrogen-bond donors (Lipinski definition) is 2. The van der Waals surface area contributed by atoms with E-state index in [2.05, 4.69) is 10.6 Å². The van der Waals surface area contributed by atoms with E-state index in [0.29, 0.717) is 30.8 Å². The zero-order valence-electron chi connectivity index (χ0n) is 19.3. The quantitative estimate of drug-likeness (QED) is 0.536. The lowest BCUT2D eigenvalue weighted by Gasteiger charge is -2.24. The van der Waals surface area contributed by atoms with Gasteiger partial charge in [0.2, 0.25) is 11.8 Å². The first-order chi connectivity index (χ1) is 15.9. The van der Waals surface area contributed by atoms with Gasteiger partial charge in [-0.2, -0.15) is 0 Å². The summed E-state index contributed by atoms with van der Waals surface area (Å²) in [6, 6.07) is 14.0. The molecule has 0 radical (unpaired) electrons. The zero-order chi connectivity index (χ0) is 23.8. The molecule has 2 atom stereocenters. The van der Waals surface area contributed by atoms with Crippen LogP contribution in [0, 0.1) is 6.92 Å². The van der Waals surface area contributed by atoms with Gasteiger partial charge in [-0.05, 0) is 36.6 Å². The Hall–Kier alpha value is -3.39. The maximum Gasteiger partial charge on any atom is 0.411 e. The molecule has 0 aliphatic carbocycles. The predicted molar refractivity (Wildman–Crippen MR) is 125 cm³/mol. The molecule has 1 saturated heterocycles. The van der Waals surface area contributed by atoms with Gasteiger partial charge in [-0.3, -0.25) is 14.5 Å². The Morgan fingerprint density at radius 2 is 1.91 bits per heavy atom. The standard InChI is InChI=1S/C25H31N3O5/c1-4-6-21(29)27-20-8-5-7-19(15-20)23-22(24(30)26-13-14-32-3)28(25(31)33-23)16-18-11-9-17(2)10-12-18/h5,7-12,15,22-23H,4,6,13-14,16H2,1-3H3,(H,26,30)(H,27,29). The molecule has 3 rings (SSSR count). The minimum atomic E-state index is -0.864. The summed E-state index contributed by atoms with van der Waals surface area (Å²) in [7, 11) is 1.55. The maximum absolute atomic E-state index is 13.1. The van der Waals surface area contributed by atoms with Gasteiger partial charge in [0.1, 0.15) is 0 Å². The Kier molecular flexibility index (Phi) is 8.43. The van der Waals surface area contributed by atoms with Crippen LogP contribution in [0.15, 0.2) is 48.5 Å². The third-order valence-electron chi connectivity index (χ3n) is 5.41. The molecule has 1 fully saturated rings. The fraction of sp³-hybridized carbons (Fsp3) is 0.400. The van der Waals surface area contributed by atoms with Crippen LogP contribution in [0.2, 0.25) is 0 Å². The first-order valence-corrected chi connectivity index (χ1v) is 11.1. The molecule has 3 amide bonds. The number of methoxy groups -OCH3 is 1. The van der Waals surface area contributed by atoms with Crippen molar-refractivity contribution in [3.05, 3.63) is 65.2 Å². The first-order valence-electron chi connectivity index (χ1n) is 11.1. The van der Waals surface area contributed by atoms with E-state index in [1.54, 1.807) is 31.4 Å². The monoisotopic (exact) mass is 453 g/mol. The SMILES string of the molecule is CCCC(=O)Nc1cccc(C2OC(=O)N(Cc3ccc(C)cc3)C2C(=O)NCCOC)c1. The van der Waals surface area contributed by atoms with Gasteiger partial charge in [0, 0.05) is 25.8 Å². The molecule has 2 N–H and O–H groups in total. The van der Waals surface area contributed by atoms with Crippen LogP contribution < -0.4 is 10.6 Å². The molecule has 2 aromatic rings. The van der Waals surface area contributed by atoms with Crippen LogP contribution in [0.5, 0.6) is 0 Å². The minimum absolute atomic E-state index is 0.0899. The molecule has 0 bridgehead atoms. The van der Waals surface area contributed by atoms with E-state index in [0.717, 1.165) is 17.5 Å². The second kappa shape index (κ2) is 11.5. The number of anilines is 1. The van der Waals surface area contributed by atoms with Crippen molar-refractivity contribution in [1.82, 2.24) is 10.2 Å². The molecule has 176 valence electrons. The number of cyclic esters (lactones) is 1. The third kappa shape index (κ3) is 6.32. The summed E-state index contributed by atoms with van der Waals surface area (Å²) in [6.07, 6.45) is -0.220. The van der Waals surface area contributed by atoms with Crippen LogP contribution >= 0.6 is 0 Å². The summed E-state index contributed by atoms with van der Waals surface area (Å²) in [5.41, 5.74) is 3.23. The van der Waals surface area contributed by atoms with Crippen molar-refractivity contribution >= 4 is 23.6 Å². The lowest BCUT2D eigenvalue weighted by atomic mass is 10.00. The molecule has 1 aliphatic rings. The number of amides is 3. The highest BCUT2D eigenvalue weighted by Crippen LogP contribution is 2.35. The largest absolute Gasteiger partial charge is 0.438 e. The van der Waals surface area contributed by atoms with Crippen molar-refractivity contribution in [2.24, 2.45) is 0 Å². The lowest BCUT2D eigenvalue weighted by molar-refractivity contribution is -0.126. The molecule has 8 heteroatoms. The van der Waals surface area contributed by atoms with E-state index in [-0.39, 0.29) is 18.4 Å². The number of nitrogens with zero attached hydrogens (tertiary/aromatic N) is 1. The van der Waals surface area contributed by atoms with Gasteiger partial charge < -0.3 is 20.1 Å². The summed E-state index contributed by atoms with van der Waals surface area (Å²) in [6.45, 7) is 4.84. The Labute approximate surface area is 194 Å². The van der Waals surface area contributed by atoms with Crippen molar-refractivity contribution in [2.75, 3.05) is 25.6 Å². The van der Waals surface area contributed by atoms with Gasteiger partial charge in [-0.15, -0.1) is 0 Å². The van der Waals surface area contributed by atoms with Crippen LogP contribution in [0.1, 0.15) is 42.6 Å². The summed E-state index contributed by atoms with van der Waals surface area (Å²) in [4.78, 5) is 39.5. The van der Waals surface area contributed by atoms with Gasteiger partial charge in [0.25, 0.3) is 0 Å². The minimum Gasteiger partial charge on any atom is -0.438 e. The Balaban J connectivity index is 1.87. The van der Waals surface area contributed by atoms with E-state index in [1.807, 2.05) is 38.1 Å². The molecule has 8 nitrogen and oxygen atoms in total. The smallest absolute Gasteiger partial charge is 0.411 e. The lowest BCUT2D eigenvalue weighted by Crippen LogP contribution is -2.47. The fourth-order valence-corrected chi connectivity index (χ4v) is 3.73. The molecular weight excluding hydrogens is 422 g/mol. The summed E-state index contributed by atoms with van der Waals surface area (Å²) >= 11 is 0. The average Bonchev–Trinajstić information content (AvgIpc) is 3.12. The van der Waals surface area contributed by atoms with E-state index in [9.17, 15) is 14.4 Å². The number of nitrogens with one attached hydrogen (secondary N) is 2. The van der Waals surface area contributed by atoms with Crippen LogP contribution in [0.3, 0.4) is 0 Å². The second-order valence-corrected chi connectivity index (χ2v) is 8.07. The summed E-state index contributed by atoms with van der Waals surface area (Å²) < 4.78 is 10.7. The normalized spacial score (nSPS) is 17.5. The third-order valence-corrected chi connectivity index (χ3v) is 5.41. The number of rotatable bonds is 10. The van der Waals surface area contributed by atoms with Crippen LogP contribution in [0.4, 0.5) is 10.5 Å². The van der Waals surface area contributed by atoms with Gasteiger partial charge in [-0.1, -0.05) is 48.9 Å². The van der Waals surface area contributed by atoms with E-state index < -0.39 is 18.2 Å². The number of ether oxygens (including phenoxy) is 2. The van der Waals surface area contributed by atoms with Gasteiger partial charge >= 0.3 is 6.09 Å². The average molecular weight is 454 g/mol. The Morgan fingerprint density at radius 3 is 2.61 bits per heavy atom. The predicted octanol–water partition coefficient (Wildman–Crippen LogP) is 3.56. The van der Waals surface area contributed by atoms with Crippen molar-refractivity contribution in [3.8, 4) is 0 Å². The molecule has 1 aliphatic heterocycles. The van der Waals surface area contributed by atoms with Gasteiger partial charge in [0.05, 0.1) is 13.2 Å². The van der Waals surface area contributed by atoms with Crippen LogP contribution in [0.25, 0.3) is 0 Å². The highest BCUT2D eigenvalue weighted by Gasteiger charge is 2.47. The molecule has 2 unspecified atom stereocenters. The molecule has 33 heavy (non-hydrogen) atoms. The molecule has 0 aromatic heterocycles. The van der Waals surface area contributed by atoms with Gasteiger partial charge in [-0.25, -0.2) is 4.79 Å². The number of carbonyl (C=O) groups is 3. The van der Waals surface area contributed by atoms with Crippen LogP contribution in [-0.4, -0.2) is 49.1 Å². The summed E-state index contributed by atoms with van der Waals surface area (Å²) in [5.74, 6) is -0.414. The topological polar surface area (TPSA) is 97.0 Å². The number of carbonyl (C=O) groups excluding carboxylic acids is 3. The van der Waals surface area contributed by atoms with Crippen molar-refractivity contribution in [2.45, 2.75) is 45.4 Å². The first kappa shape index (κ1) is 24.3. The van der Waals surface area contributed by atoms with Crippen LogP contribution in [-0.2, 0) is 25.6 Å². The number of benzene rings is 2. The van der Waals surface area contributed by atoms with Crippen molar-refractivity contribution in [3.63, 3.8) is 0 Å². The number of hydrogen-bond acceptors (Lipinski definition) is 5. The Bertz CT molecular complexity index is 976. The van der Waals surface area contributed by atoms with E-state index >= 15 is 0 Å². The summed E-state index contributed by atoms with van der Waals surface area (Å²) in [5, 5.41) is 5.68. The molecular formula is C25H31N3O5. The highest BCUT2D eigenvalue weighted by atomic mass is 16.6. The zero-order valence-corrected chi connectivity index (χ0v) is 19.3. The van der Waals surface area contributed by atoms with Crippen molar-refractivity contribution in [1.29, 1.82) is 0 Å². The molecule has 0 saturated carbocycles. The van der Waals surface area contributed by atoms with Gasteiger partial charge in [0.15, 0.2) is 12.1 Å². The fourth-order valence-electron chi connectivity index (χ4n) is 3.73. The second-order valence-electron chi connectivity index (χ2n) is 8.07. The molecule has 1 heterocycles. The highest BCUT2D eigenvalue weighted by molar-refractivity contribution is 5.91. The van der Waals surface area contributed by atoms with E-state index in [4.69, 9.17) is 9.47 Å². The van der Waals surface area contributed by atoms with E-state index in [1.165, 1.54) is 4.90 Å². The molecule has 2 aromatic carbocycles. The molecule has 0 spiro atoms. The number of aryl methyl sites for hydroxylation is 1.